The standard InChI is InChI=1S/C14H17F3N4/c15-14(16,17)4-6-20(11-2-1-3-11)10-12-8-19-13-9-18-5-7-21(12)13/h5,7-9,11H,1-4,6,10H2. The topological polar surface area (TPSA) is 33.4 Å². The fourth-order valence-corrected chi connectivity index (χ4v) is 2.63. The minimum absolute atomic E-state index is 0.0481. The molecule has 0 atom stereocenters. The van der Waals surface area contributed by atoms with Gasteiger partial charge < -0.3 is 0 Å². The van der Waals surface area contributed by atoms with Gasteiger partial charge in [0.25, 0.3) is 0 Å². The highest BCUT2D eigenvalue weighted by molar-refractivity contribution is 5.36. The lowest BCUT2D eigenvalue weighted by molar-refractivity contribution is -0.140. The molecule has 0 N–H and O–H groups in total. The van der Waals surface area contributed by atoms with E-state index in [2.05, 4.69) is 9.97 Å². The second-order valence-electron chi connectivity index (χ2n) is 5.47. The molecule has 0 saturated heterocycles. The Hall–Kier alpha value is -1.63. The van der Waals surface area contributed by atoms with Crippen molar-refractivity contribution in [1.82, 2.24) is 19.3 Å². The van der Waals surface area contributed by atoms with Crippen molar-refractivity contribution < 1.29 is 13.2 Å². The van der Waals surface area contributed by atoms with Crippen molar-refractivity contribution in [1.29, 1.82) is 0 Å². The van der Waals surface area contributed by atoms with Crippen LogP contribution in [0.5, 0.6) is 0 Å². The van der Waals surface area contributed by atoms with Crippen LogP contribution in [0.15, 0.2) is 24.8 Å². The Morgan fingerprint density at radius 3 is 2.76 bits per heavy atom. The molecule has 0 aromatic carbocycles. The molecular formula is C14H17F3N4. The van der Waals surface area contributed by atoms with Crippen molar-refractivity contribution in [2.75, 3.05) is 6.54 Å². The van der Waals surface area contributed by atoms with E-state index in [1.54, 1.807) is 24.8 Å². The summed E-state index contributed by atoms with van der Waals surface area (Å²) in [5.41, 5.74) is 1.62. The second kappa shape index (κ2) is 5.63. The summed E-state index contributed by atoms with van der Waals surface area (Å²) in [4.78, 5) is 10.2. The molecule has 2 aromatic heterocycles. The summed E-state index contributed by atoms with van der Waals surface area (Å²) in [7, 11) is 0. The van der Waals surface area contributed by atoms with E-state index in [-0.39, 0.29) is 12.6 Å². The molecular weight excluding hydrogens is 281 g/mol. The molecule has 2 heterocycles. The maximum Gasteiger partial charge on any atom is 0.390 e. The Kier molecular flexibility index (Phi) is 3.84. The molecule has 0 aliphatic heterocycles. The Morgan fingerprint density at radius 1 is 1.29 bits per heavy atom. The molecule has 1 aliphatic carbocycles. The summed E-state index contributed by atoms with van der Waals surface area (Å²) in [6.45, 7) is 0.540. The third-order valence-corrected chi connectivity index (χ3v) is 4.03. The van der Waals surface area contributed by atoms with Crippen LogP contribution in [0.1, 0.15) is 31.4 Å². The van der Waals surface area contributed by atoms with Crippen LogP contribution in [0.4, 0.5) is 13.2 Å². The van der Waals surface area contributed by atoms with E-state index in [0.29, 0.717) is 6.54 Å². The first-order valence-electron chi connectivity index (χ1n) is 7.10. The van der Waals surface area contributed by atoms with Gasteiger partial charge in [-0.1, -0.05) is 6.42 Å². The Labute approximate surface area is 120 Å². The molecule has 1 saturated carbocycles. The zero-order valence-corrected chi connectivity index (χ0v) is 11.6. The van der Waals surface area contributed by atoms with Crippen molar-refractivity contribution in [3.05, 3.63) is 30.5 Å². The van der Waals surface area contributed by atoms with Gasteiger partial charge >= 0.3 is 6.18 Å². The summed E-state index contributed by atoms with van der Waals surface area (Å²) in [6.07, 6.45) is 5.01. The van der Waals surface area contributed by atoms with Crippen LogP contribution in [0.25, 0.3) is 5.65 Å². The molecule has 0 unspecified atom stereocenters. The number of rotatable bonds is 5. The van der Waals surface area contributed by atoms with Crippen molar-refractivity contribution in [3.63, 3.8) is 0 Å². The van der Waals surface area contributed by atoms with E-state index >= 15 is 0 Å². The largest absolute Gasteiger partial charge is 0.390 e. The van der Waals surface area contributed by atoms with Crippen LogP contribution >= 0.6 is 0 Å². The molecule has 0 bridgehead atoms. The van der Waals surface area contributed by atoms with Crippen molar-refractivity contribution in [2.24, 2.45) is 0 Å². The van der Waals surface area contributed by atoms with Crippen LogP contribution in [0.3, 0.4) is 0 Å². The lowest BCUT2D eigenvalue weighted by atomic mass is 9.91. The van der Waals surface area contributed by atoms with Crippen LogP contribution in [0.2, 0.25) is 0 Å². The van der Waals surface area contributed by atoms with Gasteiger partial charge in [-0.3, -0.25) is 14.3 Å². The monoisotopic (exact) mass is 298 g/mol. The maximum atomic E-state index is 12.5. The first kappa shape index (κ1) is 14.3. The molecule has 1 aliphatic rings. The van der Waals surface area contributed by atoms with Gasteiger partial charge in [0.15, 0.2) is 5.65 Å². The third-order valence-electron chi connectivity index (χ3n) is 4.03. The predicted molar refractivity (Wildman–Crippen MR) is 71.7 cm³/mol. The quantitative estimate of drug-likeness (QED) is 0.850. The van der Waals surface area contributed by atoms with Gasteiger partial charge in [0.2, 0.25) is 0 Å². The second-order valence-corrected chi connectivity index (χ2v) is 5.47. The Bertz CT molecular complexity index is 604. The van der Waals surface area contributed by atoms with E-state index in [1.165, 1.54) is 0 Å². The van der Waals surface area contributed by atoms with E-state index in [1.807, 2.05) is 9.30 Å². The molecule has 4 nitrogen and oxygen atoms in total. The summed E-state index contributed by atoms with van der Waals surface area (Å²) in [5.74, 6) is 0. The van der Waals surface area contributed by atoms with Gasteiger partial charge in [-0.15, -0.1) is 0 Å². The zero-order valence-electron chi connectivity index (χ0n) is 11.6. The average molecular weight is 298 g/mol. The smallest absolute Gasteiger partial charge is 0.300 e. The van der Waals surface area contributed by atoms with E-state index in [9.17, 15) is 13.2 Å². The van der Waals surface area contributed by atoms with Crippen LogP contribution < -0.4 is 0 Å². The number of hydrogen-bond donors (Lipinski definition) is 0. The van der Waals surface area contributed by atoms with E-state index in [0.717, 1.165) is 30.6 Å². The lowest BCUT2D eigenvalue weighted by Gasteiger charge is -2.37. The normalized spacial score (nSPS) is 16.6. The summed E-state index contributed by atoms with van der Waals surface area (Å²) in [5, 5.41) is 0. The number of hydrogen-bond acceptors (Lipinski definition) is 3. The highest BCUT2D eigenvalue weighted by atomic mass is 19.4. The molecule has 21 heavy (non-hydrogen) atoms. The molecule has 0 radical (unpaired) electrons. The first-order valence-corrected chi connectivity index (χ1v) is 7.10. The lowest BCUT2D eigenvalue weighted by Crippen LogP contribution is -2.41. The van der Waals surface area contributed by atoms with Gasteiger partial charge in [0.1, 0.15) is 0 Å². The van der Waals surface area contributed by atoms with Crippen LogP contribution in [0, 0.1) is 0 Å². The summed E-state index contributed by atoms with van der Waals surface area (Å²) < 4.78 is 39.3. The van der Waals surface area contributed by atoms with Gasteiger partial charge in [-0.25, -0.2) is 4.98 Å². The van der Waals surface area contributed by atoms with Crippen molar-refractivity contribution in [2.45, 2.75) is 44.4 Å². The summed E-state index contributed by atoms with van der Waals surface area (Å²) >= 11 is 0. The van der Waals surface area contributed by atoms with Crippen LogP contribution in [-0.4, -0.2) is 38.0 Å². The maximum absolute atomic E-state index is 12.5. The van der Waals surface area contributed by atoms with Gasteiger partial charge in [-0.2, -0.15) is 13.2 Å². The summed E-state index contributed by atoms with van der Waals surface area (Å²) in [6, 6.07) is 0.264. The predicted octanol–water partition coefficient (Wildman–Crippen LogP) is 3.04. The third kappa shape index (κ3) is 3.34. The first-order chi connectivity index (χ1) is 10.0. The highest BCUT2D eigenvalue weighted by Gasteiger charge is 2.31. The van der Waals surface area contributed by atoms with Crippen molar-refractivity contribution >= 4 is 5.65 Å². The molecule has 114 valence electrons. The number of aromatic nitrogens is 3. The zero-order chi connectivity index (χ0) is 14.9. The van der Waals surface area contributed by atoms with Crippen molar-refractivity contribution in [3.8, 4) is 0 Å². The highest BCUT2D eigenvalue weighted by Crippen LogP contribution is 2.28. The average Bonchev–Trinajstić information content (AvgIpc) is 2.77. The van der Waals surface area contributed by atoms with Gasteiger partial charge in [-0.05, 0) is 12.8 Å². The van der Waals surface area contributed by atoms with E-state index in [4.69, 9.17) is 0 Å². The number of fused-ring (bicyclic) bond motifs is 1. The molecule has 0 amide bonds. The minimum atomic E-state index is -4.11. The minimum Gasteiger partial charge on any atom is -0.300 e. The molecule has 2 aromatic rings. The Morgan fingerprint density at radius 2 is 2.10 bits per heavy atom. The SMILES string of the molecule is FC(F)(F)CCN(Cc1cnc2cnccn12)C1CCC1. The number of halogens is 3. The fourth-order valence-electron chi connectivity index (χ4n) is 2.63. The number of imidazole rings is 1. The van der Waals surface area contributed by atoms with Gasteiger partial charge in [0.05, 0.1) is 24.5 Å². The molecule has 7 heteroatoms. The number of nitrogens with zero attached hydrogens (tertiary/aromatic N) is 4. The molecule has 0 spiro atoms. The Balaban J connectivity index is 1.74. The van der Waals surface area contributed by atoms with E-state index < -0.39 is 12.6 Å². The number of alkyl halides is 3. The fraction of sp³-hybridized carbons (Fsp3) is 0.571. The van der Waals surface area contributed by atoms with Gasteiger partial charge in [0, 0.05) is 31.5 Å². The van der Waals surface area contributed by atoms with Crippen LogP contribution in [-0.2, 0) is 6.54 Å². The molecule has 1 fully saturated rings. The molecule has 3 rings (SSSR count).